The van der Waals surface area contributed by atoms with Crippen LogP contribution in [0.25, 0.3) is 10.9 Å². The van der Waals surface area contributed by atoms with E-state index in [0.717, 1.165) is 30.4 Å². The van der Waals surface area contributed by atoms with Crippen LogP contribution < -0.4 is 5.32 Å². The first kappa shape index (κ1) is 13.2. The number of rotatable bonds is 5. The Balaban J connectivity index is 1.59. The highest BCUT2D eigenvalue weighted by atomic mass is 35.5. The Morgan fingerprint density at radius 2 is 2.10 bits per heavy atom. The van der Waals surface area contributed by atoms with E-state index < -0.39 is 0 Å². The number of fused-ring (bicyclic) bond motifs is 1. The Morgan fingerprint density at radius 1 is 1.15 bits per heavy atom. The van der Waals surface area contributed by atoms with Crippen LogP contribution in [-0.4, -0.2) is 16.1 Å². The van der Waals surface area contributed by atoms with Crippen molar-refractivity contribution >= 4 is 22.5 Å². The second kappa shape index (κ2) is 6.07. The molecule has 20 heavy (non-hydrogen) atoms. The van der Waals surface area contributed by atoms with Gasteiger partial charge in [-0.2, -0.15) is 0 Å². The minimum Gasteiger partial charge on any atom is -0.346 e. The largest absolute Gasteiger partial charge is 0.346 e. The summed E-state index contributed by atoms with van der Waals surface area (Å²) >= 11 is 6.05. The third kappa shape index (κ3) is 3.00. The number of hydrogen-bond acceptors (Lipinski definition) is 2. The molecule has 2 aromatic heterocycles. The van der Waals surface area contributed by atoms with E-state index >= 15 is 0 Å². The average Bonchev–Trinajstić information content (AvgIpc) is 2.87. The van der Waals surface area contributed by atoms with Crippen molar-refractivity contribution in [3.05, 3.63) is 65.6 Å². The Labute approximate surface area is 123 Å². The van der Waals surface area contributed by atoms with Crippen molar-refractivity contribution in [3.63, 3.8) is 0 Å². The van der Waals surface area contributed by atoms with Crippen LogP contribution in [0.2, 0.25) is 5.02 Å². The molecule has 4 heteroatoms. The van der Waals surface area contributed by atoms with Gasteiger partial charge in [0.25, 0.3) is 0 Å². The van der Waals surface area contributed by atoms with Gasteiger partial charge in [0, 0.05) is 42.6 Å². The molecule has 1 N–H and O–H groups in total. The molecule has 0 atom stereocenters. The third-order valence-electron chi connectivity index (χ3n) is 3.30. The molecule has 3 aromatic rings. The van der Waals surface area contributed by atoms with E-state index in [-0.39, 0.29) is 0 Å². The van der Waals surface area contributed by atoms with Crippen LogP contribution in [0.4, 0.5) is 0 Å². The van der Waals surface area contributed by atoms with Crippen molar-refractivity contribution in [2.24, 2.45) is 0 Å². The summed E-state index contributed by atoms with van der Waals surface area (Å²) in [4.78, 5) is 4.29. The standard InChI is InChI=1S/C16H16ClN3/c17-14-5-4-13-6-9-20(16(13)11-14)10-8-18-12-15-3-1-2-7-19-15/h1-7,9,11,18H,8,10,12H2. The lowest BCUT2D eigenvalue weighted by molar-refractivity contribution is 0.603. The maximum atomic E-state index is 6.05. The molecule has 0 bridgehead atoms. The minimum absolute atomic E-state index is 0.777. The zero-order valence-corrected chi connectivity index (χ0v) is 11.8. The summed E-state index contributed by atoms with van der Waals surface area (Å²) in [5.41, 5.74) is 2.24. The topological polar surface area (TPSA) is 29.9 Å². The molecule has 0 aliphatic carbocycles. The predicted molar refractivity (Wildman–Crippen MR) is 82.9 cm³/mol. The number of benzene rings is 1. The van der Waals surface area contributed by atoms with Crippen LogP contribution >= 0.6 is 11.6 Å². The zero-order valence-electron chi connectivity index (χ0n) is 11.1. The molecule has 0 radical (unpaired) electrons. The van der Waals surface area contributed by atoms with Crippen LogP contribution in [0.15, 0.2) is 54.9 Å². The van der Waals surface area contributed by atoms with Gasteiger partial charge in [-0.3, -0.25) is 4.98 Å². The molecule has 0 fully saturated rings. The molecule has 0 aliphatic heterocycles. The Bertz CT molecular complexity index is 691. The monoisotopic (exact) mass is 285 g/mol. The number of nitrogens with one attached hydrogen (secondary N) is 1. The molecule has 0 amide bonds. The molecule has 1 aromatic carbocycles. The highest BCUT2D eigenvalue weighted by Crippen LogP contribution is 2.20. The molecule has 0 saturated carbocycles. The summed E-state index contributed by atoms with van der Waals surface area (Å²) in [5, 5.41) is 5.40. The second-order valence-electron chi connectivity index (χ2n) is 4.71. The van der Waals surface area contributed by atoms with E-state index in [2.05, 4.69) is 33.2 Å². The number of aromatic nitrogens is 2. The molecule has 3 nitrogen and oxygen atoms in total. The van der Waals surface area contributed by atoms with Crippen LogP contribution in [-0.2, 0) is 13.1 Å². The number of nitrogens with zero attached hydrogens (tertiary/aromatic N) is 2. The highest BCUT2D eigenvalue weighted by molar-refractivity contribution is 6.31. The van der Waals surface area contributed by atoms with Gasteiger partial charge in [-0.25, -0.2) is 0 Å². The lowest BCUT2D eigenvalue weighted by Crippen LogP contribution is -2.19. The van der Waals surface area contributed by atoms with Crippen LogP contribution in [0.5, 0.6) is 0 Å². The first-order chi connectivity index (χ1) is 9.83. The van der Waals surface area contributed by atoms with Crippen molar-refractivity contribution in [3.8, 4) is 0 Å². The third-order valence-corrected chi connectivity index (χ3v) is 3.53. The van der Waals surface area contributed by atoms with Crippen LogP contribution in [0.1, 0.15) is 5.69 Å². The maximum Gasteiger partial charge on any atom is 0.0541 e. The van der Waals surface area contributed by atoms with Gasteiger partial charge < -0.3 is 9.88 Å². The number of halogens is 1. The normalized spacial score (nSPS) is 11.1. The molecule has 3 rings (SSSR count). The summed E-state index contributed by atoms with van der Waals surface area (Å²) < 4.78 is 2.21. The van der Waals surface area contributed by atoms with Gasteiger partial charge in [0.1, 0.15) is 0 Å². The predicted octanol–water partition coefficient (Wildman–Crippen LogP) is 3.48. The Morgan fingerprint density at radius 3 is 2.95 bits per heavy atom. The summed E-state index contributed by atoms with van der Waals surface area (Å²) in [7, 11) is 0. The molecular weight excluding hydrogens is 270 g/mol. The fourth-order valence-electron chi connectivity index (χ4n) is 2.27. The van der Waals surface area contributed by atoms with E-state index in [4.69, 9.17) is 11.6 Å². The van der Waals surface area contributed by atoms with Crippen molar-refractivity contribution in [1.29, 1.82) is 0 Å². The average molecular weight is 286 g/mol. The number of hydrogen-bond donors (Lipinski definition) is 1. The first-order valence-electron chi connectivity index (χ1n) is 6.68. The molecule has 0 saturated heterocycles. The summed E-state index contributed by atoms with van der Waals surface area (Å²) in [5.74, 6) is 0. The Kier molecular flexibility index (Phi) is 4.00. The molecule has 0 aliphatic rings. The van der Waals surface area contributed by atoms with Crippen LogP contribution in [0, 0.1) is 0 Å². The van der Waals surface area contributed by atoms with Gasteiger partial charge in [0.2, 0.25) is 0 Å². The lowest BCUT2D eigenvalue weighted by atomic mass is 10.2. The van der Waals surface area contributed by atoms with Gasteiger partial charge in [-0.05, 0) is 35.7 Å². The molecule has 102 valence electrons. The van der Waals surface area contributed by atoms with E-state index in [1.807, 2.05) is 36.5 Å². The van der Waals surface area contributed by atoms with Crippen LogP contribution in [0.3, 0.4) is 0 Å². The fraction of sp³-hybridized carbons (Fsp3) is 0.188. The summed E-state index contributed by atoms with van der Waals surface area (Å²) in [6, 6.07) is 14.1. The van der Waals surface area contributed by atoms with Crippen molar-refractivity contribution in [1.82, 2.24) is 14.9 Å². The Hall–Kier alpha value is -1.84. The molecule has 2 heterocycles. The van der Waals surface area contributed by atoms with E-state index in [1.54, 1.807) is 0 Å². The van der Waals surface area contributed by atoms with Gasteiger partial charge in [-0.15, -0.1) is 0 Å². The molecule has 0 spiro atoms. The molecule has 0 unspecified atom stereocenters. The van der Waals surface area contributed by atoms with Crippen molar-refractivity contribution < 1.29 is 0 Å². The van der Waals surface area contributed by atoms with E-state index in [1.165, 1.54) is 10.9 Å². The second-order valence-corrected chi connectivity index (χ2v) is 5.15. The van der Waals surface area contributed by atoms with Gasteiger partial charge in [0.15, 0.2) is 0 Å². The minimum atomic E-state index is 0.777. The molecular formula is C16H16ClN3. The summed E-state index contributed by atoms with van der Waals surface area (Å²) in [6.07, 6.45) is 3.92. The fourth-order valence-corrected chi connectivity index (χ4v) is 2.44. The van der Waals surface area contributed by atoms with Crippen molar-refractivity contribution in [2.75, 3.05) is 6.54 Å². The zero-order chi connectivity index (χ0) is 13.8. The van der Waals surface area contributed by atoms with Crippen molar-refractivity contribution in [2.45, 2.75) is 13.1 Å². The number of pyridine rings is 1. The first-order valence-corrected chi connectivity index (χ1v) is 7.06. The van der Waals surface area contributed by atoms with Gasteiger partial charge >= 0.3 is 0 Å². The maximum absolute atomic E-state index is 6.05. The quantitative estimate of drug-likeness (QED) is 0.728. The van der Waals surface area contributed by atoms with Gasteiger partial charge in [-0.1, -0.05) is 23.7 Å². The summed E-state index contributed by atoms with van der Waals surface area (Å²) in [6.45, 7) is 2.60. The lowest BCUT2D eigenvalue weighted by Gasteiger charge is -2.07. The van der Waals surface area contributed by atoms with E-state index in [9.17, 15) is 0 Å². The van der Waals surface area contributed by atoms with E-state index in [0.29, 0.717) is 0 Å². The smallest absolute Gasteiger partial charge is 0.0541 e. The van der Waals surface area contributed by atoms with Gasteiger partial charge in [0.05, 0.1) is 5.69 Å². The highest BCUT2D eigenvalue weighted by Gasteiger charge is 2.01. The SMILES string of the molecule is Clc1ccc2ccn(CCNCc3ccccn3)c2c1.